The smallest absolute Gasteiger partial charge is 0.410 e. The van der Waals surface area contributed by atoms with E-state index in [4.69, 9.17) is 60.4 Å². The molecule has 0 aliphatic carbocycles. The van der Waals surface area contributed by atoms with Gasteiger partial charge in [0.15, 0.2) is 17.6 Å². The number of hydrogen-bond donors (Lipinski definition) is 0. The summed E-state index contributed by atoms with van der Waals surface area (Å²) in [5.41, 5.74) is 2.10. The Kier molecular flexibility index (Phi) is 15.0. The van der Waals surface area contributed by atoms with Crippen LogP contribution in [0.2, 0.25) is 0 Å². The van der Waals surface area contributed by atoms with Crippen LogP contribution in [0.3, 0.4) is 0 Å². The third-order valence-electron chi connectivity index (χ3n) is 9.57. The first-order chi connectivity index (χ1) is 27.3. The van der Waals surface area contributed by atoms with Crippen molar-refractivity contribution in [3.8, 4) is 29.0 Å². The molecule has 0 spiro atoms. The summed E-state index contributed by atoms with van der Waals surface area (Å²) in [6.45, 7) is 10.9. The van der Waals surface area contributed by atoms with Crippen LogP contribution < -0.4 is 28.6 Å². The van der Waals surface area contributed by atoms with Gasteiger partial charge in [-0.3, -0.25) is 0 Å². The molecule has 16 heteroatoms. The number of thiocarbonyl (C=S) groups is 1. The van der Waals surface area contributed by atoms with Crippen LogP contribution >= 0.6 is 24.0 Å². The van der Waals surface area contributed by atoms with Crippen molar-refractivity contribution in [3.63, 3.8) is 0 Å². The number of fused-ring (bicyclic) bond motifs is 1. The molecule has 1 saturated heterocycles. The first kappa shape index (κ1) is 43.4. The monoisotopic (exact) mass is 824 g/mol. The van der Waals surface area contributed by atoms with E-state index in [9.17, 15) is 4.79 Å². The van der Waals surface area contributed by atoms with E-state index in [2.05, 4.69) is 11.8 Å². The molecule has 2 unspecified atom stereocenters. The molecule has 310 valence electrons. The van der Waals surface area contributed by atoms with Crippen LogP contribution in [-0.4, -0.2) is 93.9 Å². The number of carbonyl (C=O) groups excluding carboxylic acids is 1. The van der Waals surface area contributed by atoms with Crippen LogP contribution in [0.4, 0.5) is 10.6 Å². The van der Waals surface area contributed by atoms with Gasteiger partial charge in [0.25, 0.3) is 0 Å². The van der Waals surface area contributed by atoms with Crippen molar-refractivity contribution >= 4 is 45.9 Å². The lowest BCUT2D eigenvalue weighted by Gasteiger charge is -2.40. The van der Waals surface area contributed by atoms with Crippen LogP contribution in [-0.2, 0) is 22.6 Å². The minimum Gasteiger partial charge on any atom is -0.497 e. The highest BCUT2D eigenvalue weighted by atomic mass is 32.2. The molecule has 0 radical (unpaired) electrons. The molecule has 57 heavy (non-hydrogen) atoms. The Labute approximate surface area is 345 Å². The highest BCUT2D eigenvalue weighted by Crippen LogP contribution is 2.37. The van der Waals surface area contributed by atoms with Gasteiger partial charge in [0.1, 0.15) is 34.3 Å². The summed E-state index contributed by atoms with van der Waals surface area (Å²) in [4.78, 5) is 27.6. The fourth-order valence-electron chi connectivity index (χ4n) is 6.86. The summed E-state index contributed by atoms with van der Waals surface area (Å²) in [6.07, 6.45) is 6.34. The largest absolute Gasteiger partial charge is 0.497 e. The van der Waals surface area contributed by atoms with Crippen molar-refractivity contribution in [3.05, 3.63) is 59.4 Å². The van der Waals surface area contributed by atoms with Gasteiger partial charge in [0.2, 0.25) is 4.38 Å². The fourth-order valence-corrected chi connectivity index (χ4v) is 7.16. The minimum absolute atomic E-state index is 0.157. The van der Waals surface area contributed by atoms with E-state index in [1.807, 2.05) is 70.3 Å². The summed E-state index contributed by atoms with van der Waals surface area (Å²) >= 11 is 6.98. The Morgan fingerprint density at radius 3 is 2.16 bits per heavy atom. The lowest BCUT2D eigenvalue weighted by Crippen LogP contribution is -2.49. The summed E-state index contributed by atoms with van der Waals surface area (Å²) in [7, 11) is 6.50. The van der Waals surface area contributed by atoms with Crippen LogP contribution in [0.1, 0.15) is 89.6 Å². The number of nitrogens with zero attached hydrogens (tertiary/aromatic N) is 6. The molecule has 0 N–H and O–H groups in total. The van der Waals surface area contributed by atoms with E-state index in [1.54, 1.807) is 44.1 Å². The SMILES string of the molecule is CCC[C@H](C)Oc1nc(N(Cc2ccc(OC)cc2OC)Cc2ccc(OC)cc2OC)c2ncc(C(OC(=S)SC)C3CCCCN3C(=O)OC(C)(C)C)n2n1. The molecule has 3 atom stereocenters. The lowest BCUT2D eigenvalue weighted by atomic mass is 9.96. The predicted octanol–water partition coefficient (Wildman–Crippen LogP) is 8.43. The Morgan fingerprint density at radius 2 is 1.61 bits per heavy atom. The second kappa shape index (κ2) is 19.6. The zero-order valence-corrected chi connectivity index (χ0v) is 36.3. The number of methoxy groups -OCH3 is 4. The molecule has 2 aromatic carbocycles. The fraction of sp³-hybridized carbons (Fsp3) is 0.537. The second-order valence-electron chi connectivity index (χ2n) is 14.8. The van der Waals surface area contributed by atoms with Gasteiger partial charge in [-0.15, -0.1) is 5.10 Å². The molecule has 0 bridgehead atoms. The van der Waals surface area contributed by atoms with E-state index in [0.29, 0.717) is 70.6 Å². The summed E-state index contributed by atoms with van der Waals surface area (Å²) in [6, 6.07) is 11.2. The molecular weight excluding hydrogens is 769 g/mol. The molecule has 1 fully saturated rings. The number of aromatic nitrogens is 4. The molecule has 5 rings (SSSR count). The molecule has 1 amide bonds. The zero-order chi connectivity index (χ0) is 41.3. The number of amides is 1. The zero-order valence-electron chi connectivity index (χ0n) is 34.7. The number of anilines is 1. The van der Waals surface area contributed by atoms with E-state index >= 15 is 0 Å². The van der Waals surface area contributed by atoms with Gasteiger partial charge in [-0.25, -0.2) is 14.3 Å². The third kappa shape index (κ3) is 10.8. The number of hydrogen-bond acceptors (Lipinski definition) is 14. The molecule has 3 heterocycles. The van der Waals surface area contributed by atoms with Gasteiger partial charge in [0.05, 0.1) is 46.8 Å². The number of likely N-dealkylation sites (tertiary alicyclic amines) is 1. The van der Waals surface area contributed by atoms with E-state index in [1.165, 1.54) is 11.8 Å². The molecule has 4 aromatic rings. The van der Waals surface area contributed by atoms with Crippen molar-refractivity contribution in [1.82, 2.24) is 24.5 Å². The Hall–Kier alpha value is -4.70. The number of carbonyl (C=O) groups is 1. The van der Waals surface area contributed by atoms with E-state index < -0.39 is 23.8 Å². The first-order valence-electron chi connectivity index (χ1n) is 19.2. The standard InChI is InChI=1S/C41H56N6O8S2/c1-11-14-26(2)53-38-43-37(45(24-27-16-18-29(49-6)21-33(27)51-8)25-28-17-19-30(50-7)22-34(28)52-9)36-42-23-32(47(36)44-38)35(54-40(56)57-10)31-15-12-13-20-46(31)39(48)55-41(3,4)5/h16-19,21-23,26,31,35H,11-15,20,24-25H2,1-10H3/t26-,31?,35?/m0/s1. The van der Waals surface area contributed by atoms with Crippen molar-refractivity contribution in [2.75, 3.05) is 46.1 Å². The van der Waals surface area contributed by atoms with E-state index in [-0.39, 0.29) is 12.1 Å². The number of imidazole rings is 1. The molecule has 1 aliphatic rings. The van der Waals surface area contributed by atoms with Crippen molar-refractivity contribution in [2.24, 2.45) is 0 Å². The molecule has 14 nitrogen and oxygen atoms in total. The maximum absolute atomic E-state index is 13.7. The van der Waals surface area contributed by atoms with E-state index in [0.717, 1.165) is 36.8 Å². The number of benzene rings is 2. The number of rotatable bonds is 16. The van der Waals surface area contributed by atoms with Gasteiger partial charge >= 0.3 is 12.1 Å². The van der Waals surface area contributed by atoms with Gasteiger partial charge in [-0.2, -0.15) is 4.98 Å². The van der Waals surface area contributed by atoms with Crippen molar-refractivity contribution < 1.29 is 38.0 Å². The molecular formula is C41H56N6O8S2. The average molecular weight is 825 g/mol. The minimum atomic E-state index is -0.742. The summed E-state index contributed by atoms with van der Waals surface area (Å²) in [5, 5.41) is 4.95. The predicted molar refractivity (Wildman–Crippen MR) is 225 cm³/mol. The maximum atomic E-state index is 13.7. The quantitative estimate of drug-likeness (QED) is 0.100. The van der Waals surface area contributed by atoms with Crippen molar-refractivity contribution in [2.45, 2.75) is 104 Å². The van der Waals surface area contributed by atoms with Gasteiger partial charge in [0, 0.05) is 42.9 Å². The topological polar surface area (TPSA) is 131 Å². The average Bonchev–Trinajstić information content (AvgIpc) is 3.62. The van der Waals surface area contributed by atoms with Gasteiger partial charge in [-0.05, 0) is 96.1 Å². The number of thioether (sulfide) groups is 1. The lowest BCUT2D eigenvalue weighted by molar-refractivity contribution is -0.0135. The van der Waals surface area contributed by atoms with Crippen LogP contribution in [0.5, 0.6) is 29.0 Å². The Morgan fingerprint density at radius 1 is 0.982 bits per heavy atom. The highest BCUT2D eigenvalue weighted by Gasteiger charge is 2.40. The van der Waals surface area contributed by atoms with Crippen molar-refractivity contribution in [1.29, 1.82) is 0 Å². The normalized spacial score (nSPS) is 15.4. The first-order valence-corrected chi connectivity index (χ1v) is 20.8. The molecule has 0 saturated carbocycles. The second-order valence-corrected chi connectivity index (χ2v) is 16.2. The number of ether oxygens (including phenoxy) is 7. The van der Waals surface area contributed by atoms with Crippen LogP contribution in [0, 0.1) is 0 Å². The van der Waals surface area contributed by atoms with Crippen LogP contribution in [0.15, 0.2) is 42.6 Å². The summed E-state index contributed by atoms with van der Waals surface area (Å²) < 4.78 is 43.7. The third-order valence-corrected chi connectivity index (χ3v) is 10.6. The molecule has 1 aliphatic heterocycles. The van der Waals surface area contributed by atoms with Crippen LogP contribution in [0.25, 0.3) is 5.65 Å². The Balaban J connectivity index is 1.73. The molecule has 2 aromatic heterocycles. The van der Waals surface area contributed by atoms with Gasteiger partial charge in [-0.1, -0.05) is 25.1 Å². The highest BCUT2D eigenvalue weighted by molar-refractivity contribution is 8.22. The summed E-state index contributed by atoms with van der Waals surface area (Å²) in [5.74, 6) is 3.10. The maximum Gasteiger partial charge on any atom is 0.410 e. The Bertz CT molecular complexity index is 1930. The number of piperidine rings is 1. The van der Waals surface area contributed by atoms with Gasteiger partial charge < -0.3 is 43.0 Å².